The van der Waals surface area contributed by atoms with Crippen LogP contribution in [0.15, 0.2) is 132 Å². The summed E-state index contributed by atoms with van der Waals surface area (Å²) < 4.78 is 62.8. The fourth-order valence-electron chi connectivity index (χ4n) is 7.09. The molecule has 2 aliphatic rings. The molecule has 0 unspecified atom stereocenters. The molecule has 0 bridgehead atoms. The van der Waals surface area contributed by atoms with Crippen molar-refractivity contribution in [3.8, 4) is 6.07 Å². The van der Waals surface area contributed by atoms with Crippen molar-refractivity contribution in [2.24, 2.45) is 5.73 Å². The van der Waals surface area contributed by atoms with E-state index in [1.165, 1.54) is 61.6 Å². The van der Waals surface area contributed by atoms with Crippen LogP contribution in [-0.4, -0.2) is 61.0 Å². The van der Waals surface area contributed by atoms with Gasteiger partial charge in [-0.3, -0.25) is 14.8 Å². The van der Waals surface area contributed by atoms with E-state index < -0.39 is 20.0 Å². The largest absolute Gasteiger partial charge is 0.384 e. The zero-order valence-corrected chi connectivity index (χ0v) is 35.5. The van der Waals surface area contributed by atoms with Crippen LogP contribution in [-0.2, 0) is 46.2 Å². The highest BCUT2D eigenvalue weighted by atomic mass is 32.2. The monoisotopic (exact) mass is 881 g/mol. The fraction of sp³-hybridized carbons (Fsp3) is 0.227. The van der Waals surface area contributed by atoms with E-state index >= 15 is 0 Å². The maximum absolute atomic E-state index is 12.7. The number of nitrogens with one attached hydrogen (secondary N) is 3. The first kappa shape index (κ1) is 41.4. The minimum absolute atomic E-state index is 0.0292. The standard InChI is InChI=1S/C22H23N7O2S.C22H20N6O2S/c23-22(24)17-3-1-15(2-4-17)9-26-32(30,31)20-10-25-29(14-20)13-19-12-28-11-18(16-5-6-16)7-8-21(28)27-19;23-9-16-1-3-17(4-2-16)10-25-31(29,30)21-11-24-28(15-21)14-20-13-27-12-19(18-5-6-18)7-8-22(27)26-20/h1-4,7-8,10-12,14,16,26H,5-6,9,13H2,(H3,23,24);1-4,7-8,11-13,15,18,25H,5-6,10,14H2. The molecule has 19 heteroatoms. The van der Waals surface area contributed by atoms with E-state index in [4.69, 9.17) is 16.4 Å². The van der Waals surface area contributed by atoms with Crippen molar-refractivity contribution in [3.63, 3.8) is 0 Å². The molecule has 5 N–H and O–H groups in total. The Hall–Kier alpha value is -6.98. The first-order chi connectivity index (χ1) is 30.4. The summed E-state index contributed by atoms with van der Waals surface area (Å²) in [7, 11) is -7.42. The molecule has 2 saturated carbocycles. The number of hydrogen-bond acceptors (Lipinski definition) is 10. The Morgan fingerprint density at radius 1 is 0.651 bits per heavy atom. The van der Waals surface area contributed by atoms with Crippen LogP contribution < -0.4 is 15.2 Å². The first-order valence-corrected chi connectivity index (χ1v) is 23.3. The molecule has 6 aromatic heterocycles. The Balaban J connectivity index is 0.000000160. The summed E-state index contributed by atoms with van der Waals surface area (Å²) >= 11 is 0. The number of fused-ring (bicyclic) bond motifs is 2. The predicted octanol–water partition coefficient (Wildman–Crippen LogP) is 5.03. The van der Waals surface area contributed by atoms with Crippen molar-refractivity contribution in [1.29, 1.82) is 10.7 Å². The van der Waals surface area contributed by atoms with E-state index in [9.17, 15) is 16.8 Å². The summed E-state index contributed by atoms with van der Waals surface area (Å²) in [6.07, 6.45) is 18.8. The molecule has 10 rings (SSSR count). The van der Waals surface area contributed by atoms with Gasteiger partial charge >= 0.3 is 0 Å². The third-order valence-corrected chi connectivity index (χ3v) is 13.6. The van der Waals surface area contributed by atoms with Crippen LogP contribution in [0.5, 0.6) is 0 Å². The van der Waals surface area contributed by atoms with Crippen LogP contribution in [0.3, 0.4) is 0 Å². The van der Waals surface area contributed by atoms with Gasteiger partial charge in [-0.1, -0.05) is 48.5 Å². The van der Waals surface area contributed by atoms with E-state index in [1.54, 1.807) is 57.9 Å². The van der Waals surface area contributed by atoms with Crippen molar-refractivity contribution in [3.05, 3.63) is 167 Å². The van der Waals surface area contributed by atoms with Crippen LogP contribution in [0.25, 0.3) is 11.3 Å². The number of imidazole rings is 2. The van der Waals surface area contributed by atoms with Gasteiger partial charge in [-0.2, -0.15) is 15.5 Å². The molecule has 0 saturated heterocycles. The molecule has 2 aromatic carbocycles. The Labute approximate surface area is 363 Å². The smallest absolute Gasteiger partial charge is 0.243 e. The predicted molar refractivity (Wildman–Crippen MR) is 234 cm³/mol. The molecule has 2 aliphatic carbocycles. The molecule has 0 radical (unpaired) electrons. The van der Waals surface area contributed by atoms with Crippen LogP contribution in [0.2, 0.25) is 0 Å². The quantitative estimate of drug-likeness (QED) is 0.0792. The normalized spacial score (nSPS) is 14.1. The van der Waals surface area contributed by atoms with E-state index in [-0.39, 0.29) is 28.7 Å². The van der Waals surface area contributed by atoms with Crippen LogP contribution >= 0.6 is 0 Å². The van der Waals surface area contributed by atoms with Crippen molar-refractivity contribution in [1.82, 2.24) is 47.8 Å². The van der Waals surface area contributed by atoms with Crippen LogP contribution in [0.1, 0.15) is 82.3 Å². The summed E-state index contributed by atoms with van der Waals surface area (Å²) in [6.45, 7) is 1.02. The third-order valence-electron chi connectivity index (χ3n) is 10.9. The van der Waals surface area contributed by atoms with Gasteiger partial charge in [0, 0.05) is 55.8 Å². The van der Waals surface area contributed by atoms with Crippen molar-refractivity contribution < 1.29 is 16.8 Å². The Morgan fingerprint density at radius 2 is 1.10 bits per heavy atom. The van der Waals surface area contributed by atoms with E-state index in [0.717, 1.165) is 33.8 Å². The van der Waals surface area contributed by atoms with Gasteiger partial charge in [-0.25, -0.2) is 36.2 Å². The number of rotatable bonds is 15. The second-order valence-electron chi connectivity index (χ2n) is 15.8. The number of nitrogens with zero attached hydrogens (tertiary/aromatic N) is 9. The van der Waals surface area contributed by atoms with Gasteiger partial charge in [0.1, 0.15) is 26.9 Å². The molecule has 0 spiro atoms. The lowest BCUT2D eigenvalue weighted by Crippen LogP contribution is -2.23. The summed E-state index contributed by atoms with van der Waals surface area (Å²) in [5.41, 5.74) is 14.1. The molecule has 8 aromatic rings. The highest BCUT2D eigenvalue weighted by molar-refractivity contribution is 7.89. The second kappa shape index (κ2) is 17.1. The van der Waals surface area contributed by atoms with Gasteiger partial charge < -0.3 is 14.5 Å². The van der Waals surface area contributed by atoms with Gasteiger partial charge in [-0.15, -0.1) is 0 Å². The van der Waals surface area contributed by atoms with Crippen molar-refractivity contribution in [2.75, 3.05) is 0 Å². The van der Waals surface area contributed by atoms with Gasteiger partial charge in [0.15, 0.2) is 0 Å². The average molecular weight is 882 g/mol. The van der Waals surface area contributed by atoms with Crippen molar-refractivity contribution in [2.45, 2.75) is 73.5 Å². The van der Waals surface area contributed by atoms with E-state index in [1.807, 2.05) is 39.4 Å². The molecular formula is C44H43N13O4S2. The zero-order chi connectivity index (χ0) is 43.7. The Morgan fingerprint density at radius 3 is 1.51 bits per heavy atom. The zero-order valence-electron chi connectivity index (χ0n) is 33.9. The molecule has 320 valence electrons. The molecule has 6 heterocycles. The third kappa shape index (κ3) is 9.90. The van der Waals surface area contributed by atoms with Crippen molar-refractivity contribution >= 4 is 37.2 Å². The second-order valence-corrected chi connectivity index (χ2v) is 19.3. The highest BCUT2D eigenvalue weighted by Gasteiger charge is 2.25. The van der Waals surface area contributed by atoms with Gasteiger partial charge in [0.05, 0.1) is 48.5 Å². The summed E-state index contributed by atoms with van der Waals surface area (Å²) in [4.78, 5) is 9.41. The maximum Gasteiger partial charge on any atom is 0.243 e. The van der Waals surface area contributed by atoms with Gasteiger partial charge in [0.2, 0.25) is 20.0 Å². The summed E-state index contributed by atoms with van der Waals surface area (Å²) in [5.74, 6) is 1.31. The van der Waals surface area contributed by atoms with Crippen LogP contribution in [0, 0.1) is 16.7 Å². The number of amidine groups is 1. The minimum atomic E-state index is -3.72. The lowest BCUT2D eigenvalue weighted by Gasteiger charge is -2.06. The summed E-state index contributed by atoms with van der Waals surface area (Å²) in [6, 6.07) is 23.9. The van der Waals surface area contributed by atoms with E-state index in [2.05, 4.69) is 54.1 Å². The molecular weight excluding hydrogens is 839 g/mol. The molecule has 0 aliphatic heterocycles. The van der Waals surface area contributed by atoms with Gasteiger partial charge in [0.25, 0.3) is 0 Å². The number of aromatic nitrogens is 8. The van der Waals surface area contributed by atoms with E-state index in [0.29, 0.717) is 36.1 Å². The minimum Gasteiger partial charge on any atom is -0.384 e. The van der Waals surface area contributed by atoms with Crippen LogP contribution in [0.4, 0.5) is 0 Å². The number of sulfonamides is 2. The first-order valence-electron chi connectivity index (χ1n) is 20.3. The fourth-order valence-corrected chi connectivity index (χ4v) is 9.03. The Kier molecular flexibility index (Phi) is 11.2. The number of benzene rings is 2. The number of nitrogen functional groups attached to an aromatic ring is 1. The Bertz CT molecular complexity index is 3230. The molecule has 63 heavy (non-hydrogen) atoms. The summed E-state index contributed by atoms with van der Waals surface area (Å²) in [5, 5.41) is 24.7. The lowest BCUT2D eigenvalue weighted by atomic mass is 10.1. The molecule has 0 amide bonds. The average Bonchev–Trinajstić information content (AvgIpc) is 4.11. The number of pyridine rings is 2. The SMILES string of the molecule is N#Cc1ccc(CNS(=O)(=O)c2cnn(Cc3cn4cc(C5CC5)ccc4n3)c2)cc1.N=C(N)c1ccc(CNS(=O)(=O)c2cnn(Cc3cn4cc(C5CC5)ccc4n3)c2)cc1. The van der Waals surface area contributed by atoms with Gasteiger partial charge in [-0.05, 0) is 84.0 Å². The number of nitriles is 1. The topological polar surface area (TPSA) is 236 Å². The molecule has 17 nitrogen and oxygen atoms in total. The molecule has 2 fully saturated rings. The maximum atomic E-state index is 12.7. The number of nitrogens with two attached hydrogens (primary N) is 1. The molecule has 0 atom stereocenters. The lowest BCUT2D eigenvalue weighted by molar-refractivity contribution is 0.579. The highest BCUT2D eigenvalue weighted by Crippen LogP contribution is 2.40. The number of hydrogen-bond donors (Lipinski definition) is 4.